The number of fused-ring (bicyclic) bond motifs is 1. The van der Waals surface area contributed by atoms with Gasteiger partial charge in [0.25, 0.3) is 5.91 Å². The molecular weight excluding hydrogens is 273 g/mol. The molecule has 5 nitrogen and oxygen atoms in total. The molecular formula is C15H14FN3O2. The van der Waals surface area contributed by atoms with E-state index in [0.717, 1.165) is 6.07 Å². The van der Waals surface area contributed by atoms with E-state index < -0.39 is 17.3 Å². The Balaban J connectivity index is 2.42. The third kappa shape index (κ3) is 3.15. The minimum absolute atomic E-state index is 0.0237. The Kier molecular flexibility index (Phi) is 4.15. The molecule has 0 saturated carbocycles. The molecule has 0 saturated heterocycles. The van der Waals surface area contributed by atoms with Gasteiger partial charge in [0.15, 0.2) is 0 Å². The van der Waals surface area contributed by atoms with E-state index in [-0.39, 0.29) is 12.2 Å². The zero-order chi connectivity index (χ0) is 15.5. The highest BCUT2D eigenvalue weighted by molar-refractivity contribution is 6.05. The number of hydrogen-bond donors (Lipinski definition) is 1. The van der Waals surface area contributed by atoms with Gasteiger partial charge in [0.05, 0.1) is 23.8 Å². The van der Waals surface area contributed by atoms with Crippen molar-refractivity contribution in [2.75, 3.05) is 13.7 Å². The van der Waals surface area contributed by atoms with Crippen molar-refractivity contribution in [3.05, 3.63) is 41.8 Å². The molecule has 21 heavy (non-hydrogen) atoms. The summed E-state index contributed by atoms with van der Waals surface area (Å²) in [4.78, 5) is 16.4. The van der Waals surface area contributed by atoms with Crippen molar-refractivity contribution >= 4 is 16.8 Å². The molecule has 0 aliphatic rings. The number of hydrogen-bond acceptors (Lipinski definition) is 4. The van der Waals surface area contributed by atoms with Crippen LogP contribution in [-0.2, 0) is 4.74 Å². The smallest absolute Gasteiger partial charge is 0.254 e. The summed E-state index contributed by atoms with van der Waals surface area (Å²) < 4.78 is 18.5. The van der Waals surface area contributed by atoms with Crippen LogP contribution >= 0.6 is 0 Å². The SMILES string of the molecule is COC[C@@](C)(C#N)NC(=O)c1cc(F)cc2cccnc12. The van der Waals surface area contributed by atoms with E-state index in [1.807, 2.05) is 6.07 Å². The summed E-state index contributed by atoms with van der Waals surface area (Å²) in [5, 5.41) is 12.2. The number of ether oxygens (including phenoxy) is 1. The summed E-state index contributed by atoms with van der Waals surface area (Å²) in [7, 11) is 1.43. The fourth-order valence-electron chi connectivity index (χ4n) is 2.03. The van der Waals surface area contributed by atoms with E-state index in [4.69, 9.17) is 10.00 Å². The summed E-state index contributed by atoms with van der Waals surface area (Å²) in [6, 6.07) is 7.71. The topological polar surface area (TPSA) is 75.0 Å². The van der Waals surface area contributed by atoms with Crippen LogP contribution in [0.25, 0.3) is 10.9 Å². The highest BCUT2D eigenvalue weighted by Gasteiger charge is 2.27. The van der Waals surface area contributed by atoms with Crippen molar-refractivity contribution in [3.8, 4) is 6.07 Å². The van der Waals surface area contributed by atoms with Gasteiger partial charge in [-0.15, -0.1) is 0 Å². The van der Waals surface area contributed by atoms with Crippen molar-refractivity contribution in [3.63, 3.8) is 0 Å². The average molecular weight is 287 g/mol. The number of rotatable bonds is 4. The average Bonchev–Trinajstić information content (AvgIpc) is 2.46. The van der Waals surface area contributed by atoms with Crippen LogP contribution in [0.4, 0.5) is 4.39 Å². The van der Waals surface area contributed by atoms with Crippen molar-refractivity contribution in [1.82, 2.24) is 10.3 Å². The number of carbonyl (C=O) groups is 1. The number of pyridine rings is 1. The van der Waals surface area contributed by atoms with Crippen molar-refractivity contribution in [2.24, 2.45) is 0 Å². The van der Waals surface area contributed by atoms with Gasteiger partial charge in [-0.2, -0.15) is 5.26 Å². The Morgan fingerprint density at radius 1 is 1.57 bits per heavy atom. The van der Waals surface area contributed by atoms with Gasteiger partial charge in [0.2, 0.25) is 0 Å². The number of nitrogens with one attached hydrogen (secondary N) is 1. The number of nitrogens with zero attached hydrogens (tertiary/aromatic N) is 2. The first kappa shape index (κ1) is 14.9. The number of carbonyl (C=O) groups excluding carboxylic acids is 1. The number of aromatic nitrogens is 1. The van der Waals surface area contributed by atoms with Gasteiger partial charge in [0.1, 0.15) is 11.4 Å². The molecule has 6 heteroatoms. The van der Waals surface area contributed by atoms with Crippen LogP contribution in [0, 0.1) is 17.1 Å². The Morgan fingerprint density at radius 3 is 3.00 bits per heavy atom. The summed E-state index contributed by atoms with van der Waals surface area (Å²) >= 11 is 0. The maximum Gasteiger partial charge on any atom is 0.254 e. The standard InChI is InChI=1S/C15H14FN3O2/c1-15(8-17,9-21-2)19-14(20)12-7-11(16)6-10-4-3-5-18-13(10)12/h3-7H,9H2,1-2H3,(H,19,20)/t15-/m1/s1. The third-order valence-corrected chi connectivity index (χ3v) is 2.98. The number of benzene rings is 1. The van der Waals surface area contributed by atoms with Gasteiger partial charge in [-0.25, -0.2) is 4.39 Å². The molecule has 108 valence electrons. The van der Waals surface area contributed by atoms with Crippen LogP contribution in [0.1, 0.15) is 17.3 Å². The first-order valence-electron chi connectivity index (χ1n) is 6.26. The fourth-order valence-corrected chi connectivity index (χ4v) is 2.03. The van der Waals surface area contributed by atoms with E-state index >= 15 is 0 Å². The Bertz CT molecular complexity index is 726. The van der Waals surface area contributed by atoms with Gasteiger partial charge < -0.3 is 10.1 Å². The Morgan fingerprint density at radius 2 is 2.33 bits per heavy atom. The lowest BCUT2D eigenvalue weighted by Gasteiger charge is -2.22. The van der Waals surface area contributed by atoms with Gasteiger partial charge >= 0.3 is 0 Å². The summed E-state index contributed by atoms with van der Waals surface area (Å²) in [5.74, 6) is -1.11. The molecule has 0 aliphatic heterocycles. The predicted octanol–water partition coefficient (Wildman–Crippen LogP) is 2.03. The minimum atomic E-state index is -1.20. The fraction of sp³-hybridized carbons (Fsp3) is 0.267. The zero-order valence-electron chi connectivity index (χ0n) is 11.7. The van der Waals surface area contributed by atoms with Gasteiger partial charge in [0, 0.05) is 18.7 Å². The first-order valence-corrected chi connectivity index (χ1v) is 6.26. The molecule has 0 spiro atoms. The van der Waals surface area contributed by atoms with Crippen LogP contribution in [-0.4, -0.2) is 30.1 Å². The number of nitriles is 1. The molecule has 0 fully saturated rings. The molecule has 1 aromatic carbocycles. The highest BCUT2D eigenvalue weighted by atomic mass is 19.1. The summed E-state index contributed by atoms with van der Waals surface area (Å²) in [6.07, 6.45) is 1.52. The Labute approximate surface area is 121 Å². The number of halogens is 1. The van der Waals surface area contributed by atoms with Gasteiger partial charge in [-0.3, -0.25) is 9.78 Å². The van der Waals surface area contributed by atoms with Crippen LogP contribution in [0.3, 0.4) is 0 Å². The second-order valence-electron chi connectivity index (χ2n) is 4.86. The molecule has 0 radical (unpaired) electrons. The lowest BCUT2D eigenvalue weighted by molar-refractivity contribution is 0.0861. The zero-order valence-corrected chi connectivity index (χ0v) is 11.7. The molecule has 1 N–H and O–H groups in total. The van der Waals surface area contributed by atoms with E-state index in [9.17, 15) is 9.18 Å². The number of amides is 1. The third-order valence-electron chi connectivity index (χ3n) is 2.98. The quantitative estimate of drug-likeness (QED) is 0.933. The molecule has 1 aromatic heterocycles. The summed E-state index contributed by atoms with van der Waals surface area (Å²) in [6.45, 7) is 1.55. The minimum Gasteiger partial charge on any atom is -0.381 e. The van der Waals surface area contributed by atoms with Crippen LogP contribution in [0.5, 0.6) is 0 Å². The monoisotopic (exact) mass is 287 g/mol. The second kappa shape index (κ2) is 5.85. The van der Waals surface area contributed by atoms with E-state index in [1.54, 1.807) is 12.1 Å². The molecule has 2 aromatic rings. The van der Waals surface area contributed by atoms with Gasteiger partial charge in [-0.1, -0.05) is 6.07 Å². The van der Waals surface area contributed by atoms with E-state index in [1.165, 1.54) is 26.3 Å². The maximum absolute atomic E-state index is 13.6. The van der Waals surface area contributed by atoms with Crippen molar-refractivity contribution in [1.29, 1.82) is 5.26 Å². The maximum atomic E-state index is 13.6. The van der Waals surface area contributed by atoms with Crippen molar-refractivity contribution in [2.45, 2.75) is 12.5 Å². The molecule has 0 unspecified atom stereocenters. The second-order valence-corrected chi connectivity index (χ2v) is 4.86. The van der Waals surface area contributed by atoms with Crippen LogP contribution in [0.15, 0.2) is 30.5 Å². The molecule has 1 heterocycles. The van der Waals surface area contributed by atoms with Crippen LogP contribution < -0.4 is 5.32 Å². The molecule has 2 rings (SSSR count). The lowest BCUT2D eigenvalue weighted by Crippen LogP contribution is -2.48. The molecule has 1 amide bonds. The number of methoxy groups -OCH3 is 1. The largest absolute Gasteiger partial charge is 0.381 e. The summed E-state index contributed by atoms with van der Waals surface area (Å²) in [5.41, 5.74) is -0.725. The normalized spacial score (nSPS) is 13.4. The van der Waals surface area contributed by atoms with Crippen LogP contribution in [0.2, 0.25) is 0 Å². The highest BCUT2D eigenvalue weighted by Crippen LogP contribution is 2.19. The lowest BCUT2D eigenvalue weighted by atomic mass is 10.0. The van der Waals surface area contributed by atoms with Gasteiger partial charge in [-0.05, 0) is 25.1 Å². The molecule has 0 bridgehead atoms. The van der Waals surface area contributed by atoms with E-state index in [0.29, 0.717) is 10.9 Å². The molecule has 1 atom stereocenters. The first-order chi connectivity index (χ1) is 9.99. The van der Waals surface area contributed by atoms with Crippen molar-refractivity contribution < 1.29 is 13.9 Å². The van der Waals surface area contributed by atoms with E-state index in [2.05, 4.69) is 10.3 Å². The Hall–Kier alpha value is -2.52. The predicted molar refractivity (Wildman–Crippen MR) is 75.1 cm³/mol. The molecule has 0 aliphatic carbocycles.